The summed E-state index contributed by atoms with van der Waals surface area (Å²) in [4.78, 5) is 26.7. The van der Waals surface area contributed by atoms with Crippen molar-refractivity contribution in [3.8, 4) is 0 Å². The zero-order valence-electron chi connectivity index (χ0n) is 12.9. The van der Waals surface area contributed by atoms with E-state index < -0.39 is 0 Å². The summed E-state index contributed by atoms with van der Waals surface area (Å²) in [5.41, 5.74) is 0. The molecule has 1 aliphatic heterocycles. The van der Waals surface area contributed by atoms with Crippen LogP contribution >= 0.6 is 0 Å². The van der Waals surface area contributed by atoms with E-state index >= 15 is 0 Å². The van der Waals surface area contributed by atoms with E-state index in [4.69, 9.17) is 0 Å². The van der Waals surface area contributed by atoms with Crippen LogP contribution in [0.15, 0.2) is 0 Å². The van der Waals surface area contributed by atoms with Crippen molar-refractivity contribution >= 4 is 11.8 Å². The number of nitrogens with one attached hydrogen (secondary N) is 1. The second-order valence-corrected chi connectivity index (χ2v) is 6.06. The van der Waals surface area contributed by atoms with Crippen molar-refractivity contribution in [3.63, 3.8) is 0 Å². The van der Waals surface area contributed by atoms with Gasteiger partial charge in [-0.1, -0.05) is 47.5 Å². The molecule has 1 aliphatic rings. The maximum absolute atomic E-state index is 12.5. The molecule has 0 aromatic rings. The van der Waals surface area contributed by atoms with E-state index in [1.54, 1.807) is 0 Å². The first kappa shape index (κ1) is 16.0. The molecular formula is C15H28N2O2. The molecular weight excluding hydrogens is 240 g/mol. The van der Waals surface area contributed by atoms with Gasteiger partial charge in [0.1, 0.15) is 12.1 Å². The van der Waals surface area contributed by atoms with Gasteiger partial charge >= 0.3 is 0 Å². The topological polar surface area (TPSA) is 49.4 Å². The van der Waals surface area contributed by atoms with Gasteiger partial charge in [-0.15, -0.1) is 0 Å². The number of carbonyl (C=O) groups excluding carboxylic acids is 2. The van der Waals surface area contributed by atoms with Crippen molar-refractivity contribution in [2.45, 2.75) is 66.0 Å². The molecule has 1 saturated heterocycles. The predicted molar refractivity (Wildman–Crippen MR) is 76.6 cm³/mol. The standard InChI is InChI=1S/C15H28N2O2/c1-6-8-12-15(19)17(9-10(3)4)13(11(5)7-2)14(18)16-12/h10-13H,6-9H2,1-5H3,(H,16,18). The number of hydrogen-bond donors (Lipinski definition) is 1. The summed E-state index contributed by atoms with van der Waals surface area (Å²) in [6.07, 6.45) is 2.53. The molecule has 1 heterocycles. The molecule has 0 spiro atoms. The van der Waals surface area contributed by atoms with Crippen LogP contribution < -0.4 is 5.32 Å². The van der Waals surface area contributed by atoms with Gasteiger partial charge in [-0.2, -0.15) is 0 Å². The second kappa shape index (κ2) is 6.92. The fraction of sp³-hybridized carbons (Fsp3) is 0.867. The molecule has 4 nitrogen and oxygen atoms in total. The zero-order chi connectivity index (χ0) is 14.6. The van der Waals surface area contributed by atoms with Crippen molar-refractivity contribution < 1.29 is 9.59 Å². The third kappa shape index (κ3) is 3.71. The normalized spacial score (nSPS) is 25.7. The Morgan fingerprint density at radius 2 is 1.84 bits per heavy atom. The number of piperazine rings is 1. The first-order chi connectivity index (χ1) is 8.92. The Morgan fingerprint density at radius 3 is 2.32 bits per heavy atom. The summed E-state index contributed by atoms with van der Waals surface area (Å²) in [6.45, 7) is 11.0. The van der Waals surface area contributed by atoms with Crippen LogP contribution in [0.25, 0.3) is 0 Å². The lowest BCUT2D eigenvalue weighted by atomic mass is 9.91. The van der Waals surface area contributed by atoms with E-state index in [1.165, 1.54) is 0 Å². The van der Waals surface area contributed by atoms with E-state index in [0.717, 1.165) is 19.3 Å². The van der Waals surface area contributed by atoms with Crippen molar-refractivity contribution in [1.82, 2.24) is 10.2 Å². The van der Waals surface area contributed by atoms with Crippen LogP contribution in [0, 0.1) is 11.8 Å². The summed E-state index contributed by atoms with van der Waals surface area (Å²) in [5, 5.41) is 2.91. The SMILES string of the molecule is CCCC1NC(=O)C(C(C)CC)N(CC(C)C)C1=O. The molecule has 1 N–H and O–H groups in total. The Kier molecular flexibility index (Phi) is 5.83. The van der Waals surface area contributed by atoms with E-state index in [-0.39, 0.29) is 29.8 Å². The van der Waals surface area contributed by atoms with Crippen LogP contribution in [-0.2, 0) is 9.59 Å². The molecule has 0 aromatic carbocycles. The first-order valence-corrected chi connectivity index (χ1v) is 7.53. The largest absolute Gasteiger partial charge is 0.342 e. The van der Waals surface area contributed by atoms with E-state index in [1.807, 2.05) is 18.7 Å². The molecule has 2 amide bonds. The van der Waals surface area contributed by atoms with Gasteiger partial charge in [0.15, 0.2) is 0 Å². The van der Waals surface area contributed by atoms with E-state index in [0.29, 0.717) is 12.5 Å². The molecule has 1 rings (SSSR count). The maximum atomic E-state index is 12.5. The summed E-state index contributed by atoms with van der Waals surface area (Å²) in [5.74, 6) is 0.697. The third-order valence-electron chi connectivity index (χ3n) is 3.82. The smallest absolute Gasteiger partial charge is 0.245 e. The number of nitrogens with zero attached hydrogens (tertiary/aromatic N) is 1. The molecule has 110 valence electrons. The van der Waals surface area contributed by atoms with Crippen LogP contribution in [0.1, 0.15) is 53.9 Å². The van der Waals surface area contributed by atoms with Crippen molar-refractivity contribution in [3.05, 3.63) is 0 Å². The van der Waals surface area contributed by atoms with Gasteiger partial charge in [-0.3, -0.25) is 9.59 Å². The van der Waals surface area contributed by atoms with Crippen LogP contribution in [-0.4, -0.2) is 35.3 Å². The van der Waals surface area contributed by atoms with E-state index in [9.17, 15) is 9.59 Å². The van der Waals surface area contributed by atoms with Gasteiger partial charge in [0.2, 0.25) is 11.8 Å². The Hall–Kier alpha value is -1.06. The van der Waals surface area contributed by atoms with Crippen LogP contribution in [0.5, 0.6) is 0 Å². The molecule has 4 heteroatoms. The number of rotatable bonds is 6. The summed E-state index contributed by atoms with van der Waals surface area (Å²) in [7, 11) is 0. The summed E-state index contributed by atoms with van der Waals surface area (Å²) >= 11 is 0. The van der Waals surface area contributed by atoms with Crippen molar-refractivity contribution in [2.24, 2.45) is 11.8 Å². The Balaban J connectivity index is 2.96. The lowest BCUT2D eigenvalue weighted by molar-refractivity contribution is -0.152. The molecule has 0 radical (unpaired) electrons. The molecule has 3 unspecified atom stereocenters. The highest BCUT2D eigenvalue weighted by molar-refractivity contribution is 5.97. The maximum Gasteiger partial charge on any atom is 0.245 e. The minimum Gasteiger partial charge on any atom is -0.342 e. The number of hydrogen-bond acceptors (Lipinski definition) is 2. The first-order valence-electron chi connectivity index (χ1n) is 7.53. The third-order valence-corrected chi connectivity index (χ3v) is 3.82. The van der Waals surface area contributed by atoms with Crippen molar-refractivity contribution in [1.29, 1.82) is 0 Å². The average Bonchev–Trinajstić information content (AvgIpc) is 2.34. The molecule has 1 fully saturated rings. The lowest BCUT2D eigenvalue weighted by Crippen LogP contribution is -2.65. The highest BCUT2D eigenvalue weighted by Crippen LogP contribution is 2.22. The van der Waals surface area contributed by atoms with Crippen molar-refractivity contribution in [2.75, 3.05) is 6.54 Å². The van der Waals surface area contributed by atoms with Gasteiger partial charge in [-0.25, -0.2) is 0 Å². The Bertz CT molecular complexity index is 328. The fourth-order valence-electron chi connectivity index (χ4n) is 2.67. The van der Waals surface area contributed by atoms with Crippen LogP contribution in [0.4, 0.5) is 0 Å². The van der Waals surface area contributed by atoms with Gasteiger partial charge in [0.05, 0.1) is 0 Å². The Morgan fingerprint density at radius 1 is 1.21 bits per heavy atom. The molecule has 3 atom stereocenters. The number of amides is 2. The molecule has 0 aromatic heterocycles. The van der Waals surface area contributed by atoms with Crippen LogP contribution in [0.2, 0.25) is 0 Å². The van der Waals surface area contributed by atoms with E-state index in [2.05, 4.69) is 26.1 Å². The monoisotopic (exact) mass is 268 g/mol. The Labute approximate surface area is 116 Å². The molecule has 0 saturated carbocycles. The molecule has 0 aliphatic carbocycles. The van der Waals surface area contributed by atoms with Gasteiger partial charge in [0, 0.05) is 6.54 Å². The minimum atomic E-state index is -0.323. The second-order valence-electron chi connectivity index (χ2n) is 6.06. The number of carbonyl (C=O) groups is 2. The van der Waals surface area contributed by atoms with Gasteiger partial charge in [0.25, 0.3) is 0 Å². The summed E-state index contributed by atoms with van der Waals surface area (Å²) < 4.78 is 0. The predicted octanol–water partition coefficient (Wildman–Crippen LogP) is 2.18. The van der Waals surface area contributed by atoms with Gasteiger partial charge < -0.3 is 10.2 Å². The quantitative estimate of drug-likeness (QED) is 0.802. The summed E-state index contributed by atoms with van der Waals surface area (Å²) in [6, 6.07) is -0.621. The van der Waals surface area contributed by atoms with Gasteiger partial charge in [-0.05, 0) is 18.3 Å². The lowest BCUT2D eigenvalue weighted by Gasteiger charge is -2.42. The highest BCUT2D eigenvalue weighted by atomic mass is 16.2. The average molecular weight is 268 g/mol. The molecule has 0 bridgehead atoms. The molecule has 19 heavy (non-hydrogen) atoms. The minimum absolute atomic E-state index is 0.0213. The fourth-order valence-corrected chi connectivity index (χ4v) is 2.67. The highest BCUT2D eigenvalue weighted by Gasteiger charge is 2.42. The zero-order valence-corrected chi connectivity index (χ0v) is 12.9. The van der Waals surface area contributed by atoms with Crippen LogP contribution in [0.3, 0.4) is 0 Å².